The lowest BCUT2D eigenvalue weighted by Gasteiger charge is -2.16. The van der Waals surface area contributed by atoms with E-state index in [9.17, 15) is 15.0 Å². The molecule has 4 N–H and O–H groups in total. The number of nitrogen functional groups attached to an aromatic ring is 1. The van der Waals surface area contributed by atoms with Gasteiger partial charge >= 0.3 is 0 Å². The molecule has 18 heavy (non-hydrogen) atoms. The van der Waals surface area contributed by atoms with Crippen LogP contribution >= 0.6 is 0 Å². The van der Waals surface area contributed by atoms with Crippen molar-refractivity contribution in [1.82, 2.24) is 4.90 Å². The molecule has 0 saturated carbocycles. The second-order valence-electron chi connectivity index (χ2n) is 4.30. The first-order valence-electron chi connectivity index (χ1n) is 5.62. The second kappa shape index (κ2) is 4.83. The fraction of sp³-hybridized carbons (Fsp3) is 0.417. The van der Waals surface area contributed by atoms with Crippen molar-refractivity contribution in [2.75, 3.05) is 25.9 Å². The maximum absolute atomic E-state index is 12.1. The number of methoxy groups -OCH3 is 1. The third kappa shape index (κ3) is 2.25. The Hall–Kier alpha value is -1.79. The predicted molar refractivity (Wildman–Crippen MR) is 65.3 cm³/mol. The number of nitrogens with zero attached hydrogens (tertiary/aromatic N) is 1. The van der Waals surface area contributed by atoms with E-state index in [-0.39, 0.29) is 19.0 Å². The van der Waals surface area contributed by atoms with Gasteiger partial charge in [-0.3, -0.25) is 4.79 Å². The Morgan fingerprint density at radius 1 is 1.39 bits per heavy atom. The van der Waals surface area contributed by atoms with Crippen LogP contribution in [0.4, 0.5) is 5.69 Å². The SMILES string of the molecule is COc1ccc(C(=O)N2CC(O)C(O)C2)c(N)c1. The number of rotatable bonds is 2. The summed E-state index contributed by atoms with van der Waals surface area (Å²) in [5.41, 5.74) is 6.44. The number of amides is 1. The summed E-state index contributed by atoms with van der Waals surface area (Å²) in [6, 6.07) is 4.79. The van der Waals surface area contributed by atoms with E-state index in [1.54, 1.807) is 18.2 Å². The van der Waals surface area contributed by atoms with Crippen molar-refractivity contribution < 1.29 is 19.7 Å². The van der Waals surface area contributed by atoms with Gasteiger partial charge in [-0.15, -0.1) is 0 Å². The Kier molecular flexibility index (Phi) is 3.40. The molecule has 98 valence electrons. The molecule has 0 aromatic heterocycles. The zero-order valence-electron chi connectivity index (χ0n) is 10.0. The standard InChI is InChI=1S/C12H16N2O4/c1-18-7-2-3-8(9(13)4-7)12(17)14-5-10(15)11(16)6-14/h2-4,10-11,15-16H,5-6,13H2,1H3. The van der Waals surface area contributed by atoms with Crippen LogP contribution in [0.2, 0.25) is 0 Å². The van der Waals surface area contributed by atoms with Crippen molar-refractivity contribution in [3.63, 3.8) is 0 Å². The summed E-state index contributed by atoms with van der Waals surface area (Å²) < 4.78 is 5.00. The molecule has 2 rings (SSSR count). The van der Waals surface area contributed by atoms with E-state index in [4.69, 9.17) is 10.5 Å². The van der Waals surface area contributed by atoms with Crippen LogP contribution in [-0.4, -0.2) is 53.4 Å². The summed E-state index contributed by atoms with van der Waals surface area (Å²) in [5.74, 6) is 0.274. The van der Waals surface area contributed by atoms with Gasteiger partial charge in [0, 0.05) is 24.8 Å². The molecule has 1 saturated heterocycles. The minimum absolute atomic E-state index is 0.117. The number of anilines is 1. The number of ether oxygens (including phenoxy) is 1. The van der Waals surface area contributed by atoms with E-state index in [1.165, 1.54) is 12.0 Å². The fourth-order valence-corrected chi connectivity index (χ4v) is 1.97. The van der Waals surface area contributed by atoms with Crippen molar-refractivity contribution in [3.05, 3.63) is 23.8 Å². The molecule has 0 spiro atoms. The quantitative estimate of drug-likeness (QED) is 0.614. The highest BCUT2D eigenvalue weighted by Crippen LogP contribution is 2.22. The van der Waals surface area contributed by atoms with Crippen LogP contribution in [0.3, 0.4) is 0 Å². The van der Waals surface area contributed by atoms with E-state index >= 15 is 0 Å². The van der Waals surface area contributed by atoms with Crippen LogP contribution in [0.25, 0.3) is 0 Å². The van der Waals surface area contributed by atoms with Gasteiger partial charge < -0.3 is 25.6 Å². The maximum atomic E-state index is 12.1. The largest absolute Gasteiger partial charge is 0.497 e. The van der Waals surface area contributed by atoms with E-state index < -0.39 is 12.2 Å². The van der Waals surface area contributed by atoms with Gasteiger partial charge in [0.1, 0.15) is 5.75 Å². The van der Waals surface area contributed by atoms with Gasteiger partial charge in [-0.25, -0.2) is 0 Å². The highest BCUT2D eigenvalue weighted by Gasteiger charge is 2.33. The first kappa shape index (κ1) is 12.7. The summed E-state index contributed by atoms with van der Waals surface area (Å²) in [7, 11) is 1.52. The van der Waals surface area contributed by atoms with Crippen molar-refractivity contribution in [1.29, 1.82) is 0 Å². The molecule has 0 bridgehead atoms. The number of carbonyl (C=O) groups is 1. The molecule has 6 heteroatoms. The van der Waals surface area contributed by atoms with Crippen LogP contribution in [0, 0.1) is 0 Å². The molecule has 1 fully saturated rings. The predicted octanol–water partition coefficient (Wildman–Crippen LogP) is -0.545. The number of hydrogen-bond acceptors (Lipinski definition) is 5. The molecule has 1 aliphatic rings. The number of hydrogen-bond donors (Lipinski definition) is 3. The van der Waals surface area contributed by atoms with Gasteiger partial charge in [0.2, 0.25) is 0 Å². The van der Waals surface area contributed by atoms with Crippen LogP contribution in [0.5, 0.6) is 5.75 Å². The number of aliphatic hydroxyl groups is 2. The Labute approximate surface area is 105 Å². The molecule has 1 heterocycles. The minimum Gasteiger partial charge on any atom is -0.497 e. The molecule has 0 aliphatic carbocycles. The van der Waals surface area contributed by atoms with E-state index in [0.29, 0.717) is 17.0 Å². The molecular weight excluding hydrogens is 236 g/mol. The molecular formula is C12H16N2O4. The molecule has 1 aliphatic heterocycles. The van der Waals surface area contributed by atoms with Gasteiger partial charge in [-0.05, 0) is 12.1 Å². The number of nitrogens with two attached hydrogens (primary N) is 1. The Balaban J connectivity index is 2.19. The third-order valence-corrected chi connectivity index (χ3v) is 3.04. The summed E-state index contributed by atoms with van der Waals surface area (Å²) in [5, 5.41) is 18.8. The second-order valence-corrected chi connectivity index (χ2v) is 4.30. The molecule has 2 unspecified atom stereocenters. The van der Waals surface area contributed by atoms with Crippen molar-refractivity contribution in [3.8, 4) is 5.75 Å². The highest BCUT2D eigenvalue weighted by molar-refractivity contribution is 5.99. The molecule has 6 nitrogen and oxygen atoms in total. The van der Waals surface area contributed by atoms with Crippen molar-refractivity contribution >= 4 is 11.6 Å². The van der Waals surface area contributed by atoms with Gasteiger partial charge in [0.05, 0.1) is 24.9 Å². The topological polar surface area (TPSA) is 96.0 Å². The third-order valence-electron chi connectivity index (χ3n) is 3.04. The molecule has 1 amide bonds. The smallest absolute Gasteiger partial charge is 0.256 e. The van der Waals surface area contributed by atoms with Crippen LogP contribution < -0.4 is 10.5 Å². The summed E-state index contributed by atoms with van der Waals surface area (Å²) in [6.45, 7) is 0.233. The maximum Gasteiger partial charge on any atom is 0.256 e. The Morgan fingerprint density at radius 3 is 2.50 bits per heavy atom. The zero-order chi connectivity index (χ0) is 13.3. The summed E-state index contributed by atoms with van der Waals surface area (Å²) in [4.78, 5) is 13.5. The first-order chi connectivity index (χ1) is 8.52. The monoisotopic (exact) mass is 252 g/mol. The Bertz CT molecular complexity index is 453. The average Bonchev–Trinajstić information content (AvgIpc) is 2.68. The number of benzene rings is 1. The van der Waals surface area contributed by atoms with E-state index in [0.717, 1.165) is 0 Å². The van der Waals surface area contributed by atoms with Crippen molar-refractivity contribution in [2.24, 2.45) is 0 Å². The number of carbonyl (C=O) groups excluding carboxylic acids is 1. The van der Waals surface area contributed by atoms with Gasteiger partial charge in [-0.1, -0.05) is 0 Å². The van der Waals surface area contributed by atoms with Crippen LogP contribution in [0.15, 0.2) is 18.2 Å². The van der Waals surface area contributed by atoms with Crippen LogP contribution in [0.1, 0.15) is 10.4 Å². The normalized spacial score (nSPS) is 23.2. The summed E-state index contributed by atoms with van der Waals surface area (Å²) in [6.07, 6.45) is -1.79. The van der Waals surface area contributed by atoms with Crippen molar-refractivity contribution in [2.45, 2.75) is 12.2 Å². The van der Waals surface area contributed by atoms with E-state index in [1.807, 2.05) is 0 Å². The van der Waals surface area contributed by atoms with E-state index in [2.05, 4.69) is 0 Å². The fourth-order valence-electron chi connectivity index (χ4n) is 1.97. The average molecular weight is 252 g/mol. The van der Waals surface area contributed by atoms with Crippen LogP contribution in [-0.2, 0) is 0 Å². The summed E-state index contributed by atoms with van der Waals surface area (Å²) >= 11 is 0. The van der Waals surface area contributed by atoms with Gasteiger partial charge in [0.15, 0.2) is 0 Å². The lowest BCUT2D eigenvalue weighted by molar-refractivity contribution is 0.0572. The minimum atomic E-state index is -0.895. The van der Waals surface area contributed by atoms with Gasteiger partial charge in [-0.2, -0.15) is 0 Å². The Morgan fingerprint density at radius 2 is 2.00 bits per heavy atom. The number of β-amino-alcohol motifs (C(OH)–C–C–N with tert-alkyl or cyclic N) is 2. The zero-order valence-corrected chi connectivity index (χ0v) is 10.0. The first-order valence-corrected chi connectivity index (χ1v) is 5.62. The lowest BCUT2D eigenvalue weighted by atomic mass is 10.1. The molecule has 1 aromatic rings. The lowest BCUT2D eigenvalue weighted by Crippen LogP contribution is -2.30. The highest BCUT2D eigenvalue weighted by atomic mass is 16.5. The number of likely N-dealkylation sites (tertiary alicyclic amines) is 1. The molecule has 2 atom stereocenters. The molecule has 0 radical (unpaired) electrons. The van der Waals surface area contributed by atoms with Gasteiger partial charge in [0.25, 0.3) is 5.91 Å². The number of aliphatic hydroxyl groups excluding tert-OH is 2. The molecule has 1 aromatic carbocycles.